The number of rotatable bonds is 8. The predicted octanol–water partition coefficient (Wildman–Crippen LogP) is 5.36. The van der Waals surface area contributed by atoms with Crippen molar-refractivity contribution in [3.05, 3.63) is 24.3 Å². The summed E-state index contributed by atoms with van der Waals surface area (Å²) in [5.41, 5.74) is 1.60. The van der Waals surface area contributed by atoms with Crippen molar-refractivity contribution in [1.29, 1.82) is 0 Å². The number of hydrogen-bond donors (Lipinski definition) is 0. The van der Waals surface area contributed by atoms with E-state index in [1.165, 1.54) is 32.1 Å². The number of unbranched alkanes of at least 4 members (excludes halogenated alkanes) is 1. The summed E-state index contributed by atoms with van der Waals surface area (Å²) in [5.74, 6) is 1.45. The van der Waals surface area contributed by atoms with Gasteiger partial charge >= 0.3 is 0 Å². The van der Waals surface area contributed by atoms with Crippen molar-refractivity contribution in [2.75, 3.05) is 0 Å². The van der Waals surface area contributed by atoms with Crippen molar-refractivity contribution in [2.24, 2.45) is 11.8 Å². The second kappa shape index (κ2) is 8.76. The van der Waals surface area contributed by atoms with Crippen LogP contribution in [0.2, 0.25) is 0 Å². The first-order valence-electron chi connectivity index (χ1n) is 6.49. The van der Waals surface area contributed by atoms with Crippen LogP contribution in [0.15, 0.2) is 24.3 Å². The van der Waals surface area contributed by atoms with Crippen LogP contribution in [0.25, 0.3) is 0 Å². The molecule has 0 bridgehead atoms. The lowest BCUT2D eigenvalue weighted by atomic mass is 9.83. The lowest BCUT2D eigenvalue weighted by Gasteiger charge is -2.22. The van der Waals surface area contributed by atoms with Gasteiger partial charge in [-0.15, -0.1) is 0 Å². The lowest BCUT2D eigenvalue weighted by molar-refractivity contribution is 0.452. The molecule has 0 aromatic heterocycles. The standard InChI is InChI=1S/C15H28/c1-6-9-12-14(10-7-2)15(11-8-3)13(4)5/h8,11,13-14H,3,6-7,9-10,12H2,1-2,4-5H3/b15-11+. The molecule has 1 unspecified atom stereocenters. The third kappa shape index (κ3) is 5.81. The molecule has 0 rings (SSSR count). The molecule has 0 spiro atoms. The van der Waals surface area contributed by atoms with Crippen LogP contribution in [0.1, 0.15) is 59.8 Å². The van der Waals surface area contributed by atoms with Gasteiger partial charge in [-0.2, -0.15) is 0 Å². The predicted molar refractivity (Wildman–Crippen MR) is 71.0 cm³/mol. The van der Waals surface area contributed by atoms with E-state index in [0.29, 0.717) is 5.92 Å². The lowest BCUT2D eigenvalue weighted by Crippen LogP contribution is -2.09. The van der Waals surface area contributed by atoms with Crippen LogP contribution in [0.5, 0.6) is 0 Å². The minimum absolute atomic E-state index is 0.663. The van der Waals surface area contributed by atoms with E-state index in [-0.39, 0.29) is 0 Å². The summed E-state index contributed by atoms with van der Waals surface area (Å²) in [7, 11) is 0. The van der Waals surface area contributed by atoms with Crippen molar-refractivity contribution in [3.63, 3.8) is 0 Å². The fourth-order valence-electron chi connectivity index (χ4n) is 2.21. The molecule has 88 valence electrons. The maximum atomic E-state index is 3.83. The highest BCUT2D eigenvalue weighted by molar-refractivity contribution is 5.15. The Morgan fingerprint density at radius 1 is 1.13 bits per heavy atom. The molecule has 0 amide bonds. The Kier molecular flexibility index (Phi) is 8.46. The van der Waals surface area contributed by atoms with E-state index in [4.69, 9.17) is 0 Å². The van der Waals surface area contributed by atoms with Crippen LogP contribution in [0.4, 0.5) is 0 Å². The molecule has 0 N–H and O–H groups in total. The molecule has 0 fully saturated rings. The van der Waals surface area contributed by atoms with E-state index in [9.17, 15) is 0 Å². The van der Waals surface area contributed by atoms with Crippen LogP contribution in [-0.2, 0) is 0 Å². The molecule has 0 aromatic rings. The average molecular weight is 208 g/mol. The SMILES string of the molecule is C=C/C=C(\C(C)C)C(CCC)CCCC. The molecule has 15 heavy (non-hydrogen) atoms. The quantitative estimate of drug-likeness (QED) is 0.471. The average Bonchev–Trinajstić information content (AvgIpc) is 2.21. The summed E-state index contributed by atoms with van der Waals surface area (Å²) in [4.78, 5) is 0. The minimum atomic E-state index is 0.663. The Morgan fingerprint density at radius 3 is 2.20 bits per heavy atom. The van der Waals surface area contributed by atoms with Gasteiger partial charge in [0.1, 0.15) is 0 Å². The summed E-state index contributed by atoms with van der Waals surface area (Å²) in [5, 5.41) is 0. The molecule has 0 aliphatic heterocycles. The maximum absolute atomic E-state index is 3.83. The summed E-state index contributed by atoms with van der Waals surface area (Å²) in [6.07, 6.45) is 10.8. The third-order valence-electron chi connectivity index (χ3n) is 2.99. The van der Waals surface area contributed by atoms with Gasteiger partial charge in [-0.05, 0) is 24.7 Å². The van der Waals surface area contributed by atoms with Gasteiger partial charge in [0.15, 0.2) is 0 Å². The van der Waals surface area contributed by atoms with E-state index >= 15 is 0 Å². The summed E-state index contributed by atoms with van der Waals surface area (Å²) >= 11 is 0. The van der Waals surface area contributed by atoms with Crippen LogP contribution < -0.4 is 0 Å². The Bertz CT molecular complexity index is 186. The first kappa shape index (κ1) is 14.5. The first-order valence-corrected chi connectivity index (χ1v) is 6.49. The van der Waals surface area contributed by atoms with Gasteiger partial charge in [0.25, 0.3) is 0 Å². The van der Waals surface area contributed by atoms with Crippen molar-refractivity contribution >= 4 is 0 Å². The molecule has 0 aliphatic carbocycles. The highest BCUT2D eigenvalue weighted by Crippen LogP contribution is 2.28. The molecule has 0 radical (unpaired) electrons. The molecule has 0 heterocycles. The molecule has 0 saturated heterocycles. The van der Waals surface area contributed by atoms with Gasteiger partial charge < -0.3 is 0 Å². The summed E-state index contributed by atoms with van der Waals surface area (Å²) in [6.45, 7) is 13.0. The van der Waals surface area contributed by atoms with Gasteiger partial charge in [-0.3, -0.25) is 0 Å². The van der Waals surface area contributed by atoms with Gasteiger partial charge in [-0.25, -0.2) is 0 Å². The zero-order valence-electron chi connectivity index (χ0n) is 11.1. The highest BCUT2D eigenvalue weighted by atomic mass is 14.2. The molecule has 0 aromatic carbocycles. The Balaban J connectivity index is 4.52. The van der Waals surface area contributed by atoms with Crippen molar-refractivity contribution < 1.29 is 0 Å². The van der Waals surface area contributed by atoms with E-state index in [1.807, 2.05) is 6.08 Å². The van der Waals surface area contributed by atoms with E-state index in [2.05, 4.69) is 40.3 Å². The fraction of sp³-hybridized carbons (Fsp3) is 0.733. The molecule has 1 atom stereocenters. The van der Waals surface area contributed by atoms with Gasteiger partial charge in [0.05, 0.1) is 0 Å². The van der Waals surface area contributed by atoms with Crippen LogP contribution in [-0.4, -0.2) is 0 Å². The molecular weight excluding hydrogens is 180 g/mol. The van der Waals surface area contributed by atoms with Crippen molar-refractivity contribution in [3.8, 4) is 0 Å². The Morgan fingerprint density at radius 2 is 1.80 bits per heavy atom. The van der Waals surface area contributed by atoms with E-state index in [1.54, 1.807) is 5.57 Å². The van der Waals surface area contributed by atoms with Gasteiger partial charge in [0.2, 0.25) is 0 Å². The van der Waals surface area contributed by atoms with Crippen molar-refractivity contribution in [1.82, 2.24) is 0 Å². The molecule has 0 heteroatoms. The zero-order valence-corrected chi connectivity index (χ0v) is 11.1. The molecular formula is C15H28. The topological polar surface area (TPSA) is 0 Å². The normalized spacial score (nSPS) is 14.3. The van der Waals surface area contributed by atoms with Crippen molar-refractivity contribution in [2.45, 2.75) is 59.8 Å². The number of hydrogen-bond acceptors (Lipinski definition) is 0. The summed E-state index contributed by atoms with van der Waals surface area (Å²) in [6, 6.07) is 0. The van der Waals surface area contributed by atoms with E-state index in [0.717, 1.165) is 5.92 Å². The van der Waals surface area contributed by atoms with E-state index < -0.39 is 0 Å². The second-order valence-electron chi connectivity index (χ2n) is 4.68. The fourth-order valence-corrected chi connectivity index (χ4v) is 2.21. The minimum Gasteiger partial charge on any atom is -0.0991 e. The number of allylic oxidation sites excluding steroid dienone is 3. The Hall–Kier alpha value is -0.520. The Labute approximate surface area is 96.5 Å². The monoisotopic (exact) mass is 208 g/mol. The van der Waals surface area contributed by atoms with Crippen LogP contribution in [0, 0.1) is 11.8 Å². The smallest absolute Gasteiger partial charge is 0.0198 e. The molecule has 0 nitrogen and oxygen atoms in total. The van der Waals surface area contributed by atoms with Gasteiger partial charge in [-0.1, -0.05) is 71.3 Å². The molecule has 0 aliphatic rings. The highest BCUT2D eigenvalue weighted by Gasteiger charge is 2.15. The maximum Gasteiger partial charge on any atom is -0.0198 e. The molecule has 0 saturated carbocycles. The van der Waals surface area contributed by atoms with Crippen LogP contribution in [0.3, 0.4) is 0 Å². The first-order chi connectivity index (χ1) is 7.17. The zero-order chi connectivity index (χ0) is 11.7. The third-order valence-corrected chi connectivity index (χ3v) is 2.99. The van der Waals surface area contributed by atoms with Crippen LogP contribution >= 0.6 is 0 Å². The summed E-state index contributed by atoms with van der Waals surface area (Å²) < 4.78 is 0. The second-order valence-corrected chi connectivity index (χ2v) is 4.68. The van der Waals surface area contributed by atoms with Gasteiger partial charge in [0, 0.05) is 0 Å². The largest absolute Gasteiger partial charge is 0.0991 e.